The van der Waals surface area contributed by atoms with Crippen LogP contribution in [0.1, 0.15) is 41.9 Å². The standard InChI is InChI=1S/C13H13NO3/c1-7(8-2-3-8)12-14-10-6-9(13(15)16)4-5-11(10)17-12/h4-8H,2-3H2,1H3,(H,15,16). The van der Waals surface area contributed by atoms with Crippen LogP contribution in [0, 0.1) is 5.92 Å². The molecular formula is C13H13NO3. The lowest BCUT2D eigenvalue weighted by molar-refractivity contribution is 0.0697. The highest BCUT2D eigenvalue weighted by Gasteiger charge is 2.32. The summed E-state index contributed by atoms with van der Waals surface area (Å²) in [4.78, 5) is 15.2. The first kappa shape index (κ1) is 10.3. The van der Waals surface area contributed by atoms with Crippen LogP contribution in [-0.4, -0.2) is 16.1 Å². The first-order chi connectivity index (χ1) is 8.15. The Labute approximate surface area is 98.3 Å². The van der Waals surface area contributed by atoms with E-state index in [1.54, 1.807) is 18.2 Å². The Hall–Kier alpha value is -1.84. The van der Waals surface area contributed by atoms with Gasteiger partial charge in [-0.15, -0.1) is 0 Å². The maximum absolute atomic E-state index is 10.8. The second-order valence-electron chi connectivity index (χ2n) is 4.67. The molecule has 3 rings (SSSR count). The molecule has 1 N–H and O–H groups in total. The molecule has 1 aromatic carbocycles. The Balaban J connectivity index is 2.02. The van der Waals surface area contributed by atoms with E-state index in [2.05, 4.69) is 11.9 Å². The smallest absolute Gasteiger partial charge is 0.335 e. The number of carboxylic acids is 1. The number of fused-ring (bicyclic) bond motifs is 1. The van der Waals surface area contributed by atoms with Gasteiger partial charge in [0, 0.05) is 5.92 Å². The summed E-state index contributed by atoms with van der Waals surface area (Å²) in [5.74, 6) is 0.800. The normalized spacial score (nSPS) is 17.2. The zero-order valence-electron chi connectivity index (χ0n) is 9.51. The lowest BCUT2D eigenvalue weighted by Gasteiger charge is -2.02. The summed E-state index contributed by atoms with van der Waals surface area (Å²) in [6.07, 6.45) is 2.47. The number of rotatable bonds is 3. The quantitative estimate of drug-likeness (QED) is 0.881. The molecule has 88 valence electrons. The van der Waals surface area contributed by atoms with Crippen molar-refractivity contribution in [1.29, 1.82) is 0 Å². The number of hydrogen-bond acceptors (Lipinski definition) is 3. The molecule has 1 aliphatic rings. The van der Waals surface area contributed by atoms with Crippen LogP contribution in [0.2, 0.25) is 0 Å². The fourth-order valence-corrected chi connectivity index (χ4v) is 2.07. The van der Waals surface area contributed by atoms with E-state index in [0.717, 1.165) is 5.89 Å². The lowest BCUT2D eigenvalue weighted by Crippen LogP contribution is -1.96. The van der Waals surface area contributed by atoms with E-state index in [1.165, 1.54) is 12.8 Å². The van der Waals surface area contributed by atoms with Gasteiger partial charge in [0.2, 0.25) is 0 Å². The molecule has 1 heterocycles. The molecule has 4 heteroatoms. The van der Waals surface area contributed by atoms with Crippen LogP contribution in [0.5, 0.6) is 0 Å². The number of aromatic carboxylic acids is 1. The summed E-state index contributed by atoms with van der Waals surface area (Å²) in [6.45, 7) is 2.11. The van der Waals surface area contributed by atoms with Crippen LogP contribution in [-0.2, 0) is 0 Å². The van der Waals surface area contributed by atoms with Gasteiger partial charge >= 0.3 is 5.97 Å². The molecule has 1 saturated carbocycles. The number of benzene rings is 1. The zero-order chi connectivity index (χ0) is 12.0. The van der Waals surface area contributed by atoms with Crippen LogP contribution in [0.25, 0.3) is 11.1 Å². The summed E-state index contributed by atoms with van der Waals surface area (Å²) >= 11 is 0. The van der Waals surface area contributed by atoms with Crippen molar-refractivity contribution in [2.24, 2.45) is 5.92 Å². The van der Waals surface area contributed by atoms with Gasteiger partial charge in [-0.3, -0.25) is 0 Å². The third kappa shape index (κ3) is 1.79. The zero-order valence-corrected chi connectivity index (χ0v) is 9.51. The predicted octanol–water partition coefficient (Wildman–Crippen LogP) is 3.04. The van der Waals surface area contributed by atoms with Crippen LogP contribution in [0.4, 0.5) is 0 Å². The minimum Gasteiger partial charge on any atom is -0.478 e. The van der Waals surface area contributed by atoms with Gasteiger partial charge in [-0.05, 0) is 37.0 Å². The van der Waals surface area contributed by atoms with E-state index in [9.17, 15) is 4.79 Å². The molecule has 1 atom stereocenters. The molecule has 0 saturated heterocycles. The highest BCUT2D eigenvalue weighted by molar-refractivity contribution is 5.91. The molecule has 0 bridgehead atoms. The number of carboxylic acid groups (broad SMARTS) is 1. The predicted molar refractivity (Wildman–Crippen MR) is 62.1 cm³/mol. The van der Waals surface area contributed by atoms with Gasteiger partial charge in [0.25, 0.3) is 0 Å². The van der Waals surface area contributed by atoms with Gasteiger partial charge in [-0.2, -0.15) is 0 Å². The Kier molecular flexibility index (Phi) is 2.18. The van der Waals surface area contributed by atoms with Crippen molar-refractivity contribution in [3.8, 4) is 0 Å². The van der Waals surface area contributed by atoms with Crippen molar-refractivity contribution < 1.29 is 14.3 Å². The monoisotopic (exact) mass is 231 g/mol. The van der Waals surface area contributed by atoms with Crippen molar-refractivity contribution in [3.63, 3.8) is 0 Å². The van der Waals surface area contributed by atoms with Gasteiger partial charge in [0.15, 0.2) is 11.5 Å². The second kappa shape index (κ2) is 3.58. The highest BCUT2D eigenvalue weighted by atomic mass is 16.4. The molecule has 4 nitrogen and oxygen atoms in total. The van der Waals surface area contributed by atoms with Crippen molar-refractivity contribution in [1.82, 2.24) is 4.98 Å². The van der Waals surface area contributed by atoms with E-state index in [0.29, 0.717) is 22.9 Å². The molecule has 0 spiro atoms. The number of carbonyl (C=O) groups is 1. The van der Waals surface area contributed by atoms with Gasteiger partial charge in [0.1, 0.15) is 5.52 Å². The van der Waals surface area contributed by atoms with Crippen molar-refractivity contribution in [3.05, 3.63) is 29.7 Å². The fraction of sp³-hybridized carbons (Fsp3) is 0.385. The molecule has 1 unspecified atom stereocenters. The second-order valence-corrected chi connectivity index (χ2v) is 4.67. The third-order valence-corrected chi connectivity index (χ3v) is 3.37. The number of nitrogens with zero attached hydrogens (tertiary/aromatic N) is 1. The third-order valence-electron chi connectivity index (χ3n) is 3.37. The summed E-state index contributed by atoms with van der Waals surface area (Å²) in [7, 11) is 0. The summed E-state index contributed by atoms with van der Waals surface area (Å²) in [5, 5.41) is 8.90. The van der Waals surface area contributed by atoms with Gasteiger partial charge in [0.05, 0.1) is 5.56 Å². The summed E-state index contributed by atoms with van der Waals surface area (Å²) in [6, 6.07) is 4.78. The Bertz CT molecular complexity index is 583. The van der Waals surface area contributed by atoms with E-state index in [4.69, 9.17) is 9.52 Å². The Morgan fingerprint density at radius 2 is 2.29 bits per heavy atom. The van der Waals surface area contributed by atoms with E-state index < -0.39 is 5.97 Å². The Morgan fingerprint density at radius 3 is 2.94 bits per heavy atom. The highest BCUT2D eigenvalue weighted by Crippen LogP contribution is 2.42. The van der Waals surface area contributed by atoms with Crippen LogP contribution in [0.3, 0.4) is 0 Å². The van der Waals surface area contributed by atoms with Crippen molar-refractivity contribution >= 4 is 17.1 Å². The fourth-order valence-electron chi connectivity index (χ4n) is 2.07. The van der Waals surface area contributed by atoms with E-state index in [1.807, 2.05) is 0 Å². The van der Waals surface area contributed by atoms with Gasteiger partial charge < -0.3 is 9.52 Å². The van der Waals surface area contributed by atoms with Gasteiger partial charge in [-0.1, -0.05) is 6.92 Å². The topological polar surface area (TPSA) is 63.3 Å². The minimum absolute atomic E-state index is 0.247. The maximum Gasteiger partial charge on any atom is 0.335 e. The van der Waals surface area contributed by atoms with Crippen LogP contribution in [0.15, 0.2) is 22.6 Å². The molecule has 2 aromatic rings. The maximum atomic E-state index is 10.8. The minimum atomic E-state index is -0.938. The van der Waals surface area contributed by atoms with E-state index >= 15 is 0 Å². The Morgan fingerprint density at radius 1 is 1.53 bits per heavy atom. The average molecular weight is 231 g/mol. The SMILES string of the molecule is CC(c1nc2cc(C(=O)O)ccc2o1)C1CC1. The van der Waals surface area contributed by atoms with E-state index in [-0.39, 0.29) is 5.56 Å². The molecule has 0 radical (unpaired) electrons. The number of hydrogen-bond donors (Lipinski definition) is 1. The largest absolute Gasteiger partial charge is 0.478 e. The molecule has 0 amide bonds. The van der Waals surface area contributed by atoms with Crippen LogP contribution < -0.4 is 0 Å². The summed E-state index contributed by atoms with van der Waals surface area (Å²) in [5.41, 5.74) is 1.54. The average Bonchev–Trinajstić information content (AvgIpc) is 3.06. The molecule has 1 aliphatic carbocycles. The lowest BCUT2D eigenvalue weighted by atomic mass is 10.1. The summed E-state index contributed by atoms with van der Waals surface area (Å²) < 4.78 is 5.66. The molecule has 0 aliphatic heterocycles. The van der Waals surface area contributed by atoms with Crippen molar-refractivity contribution in [2.45, 2.75) is 25.7 Å². The number of oxazole rings is 1. The van der Waals surface area contributed by atoms with Gasteiger partial charge in [-0.25, -0.2) is 9.78 Å². The first-order valence-electron chi connectivity index (χ1n) is 5.79. The number of aromatic nitrogens is 1. The molecule has 1 aromatic heterocycles. The van der Waals surface area contributed by atoms with Crippen molar-refractivity contribution in [2.75, 3.05) is 0 Å². The van der Waals surface area contributed by atoms with Crippen LogP contribution >= 0.6 is 0 Å². The molecule has 17 heavy (non-hydrogen) atoms. The first-order valence-corrected chi connectivity index (χ1v) is 5.79. The molecule has 1 fully saturated rings. The molecular weight excluding hydrogens is 218 g/mol.